The molecule has 5 heteroatoms. The molecule has 1 atom stereocenters. The number of ether oxygens (including phenoxy) is 2. The van der Waals surface area contributed by atoms with Crippen molar-refractivity contribution in [1.82, 2.24) is 5.32 Å². The molecule has 0 fully saturated rings. The van der Waals surface area contributed by atoms with Gasteiger partial charge in [-0.15, -0.1) is 0 Å². The number of carbonyl (C=O) groups is 1. The molecule has 1 heterocycles. The number of benzene rings is 3. The van der Waals surface area contributed by atoms with Crippen LogP contribution in [0.2, 0.25) is 0 Å². The molecule has 1 unspecified atom stereocenters. The maximum Gasteiger partial charge on any atom is 0.244 e. The van der Waals surface area contributed by atoms with Crippen molar-refractivity contribution < 1.29 is 18.7 Å². The number of fused-ring (bicyclic) bond motifs is 1. The van der Waals surface area contributed by atoms with E-state index in [9.17, 15) is 4.79 Å². The molecule has 0 aliphatic heterocycles. The smallest absolute Gasteiger partial charge is 0.244 e. The molecule has 1 N–H and O–H groups in total. The van der Waals surface area contributed by atoms with Gasteiger partial charge in [0.2, 0.25) is 5.91 Å². The lowest BCUT2D eigenvalue weighted by Gasteiger charge is -2.14. The molecule has 1 amide bonds. The van der Waals surface area contributed by atoms with E-state index in [1.807, 2.05) is 87.5 Å². The summed E-state index contributed by atoms with van der Waals surface area (Å²) in [6.45, 7) is 6.47. The maximum absolute atomic E-state index is 12.7. The summed E-state index contributed by atoms with van der Waals surface area (Å²) in [4.78, 5) is 12.7. The van der Waals surface area contributed by atoms with Gasteiger partial charge >= 0.3 is 0 Å². The van der Waals surface area contributed by atoms with Gasteiger partial charge in [-0.2, -0.15) is 0 Å². The maximum atomic E-state index is 12.7. The molecule has 174 valence electrons. The SMILES string of the molecule is CCOc1ccc(-c2coc3cc(OC)c(/C(C)=C/C(=O)NC(C)c4ccccc4)cc23)cc1. The predicted octanol–water partition coefficient (Wildman–Crippen LogP) is 6.79. The van der Waals surface area contributed by atoms with Crippen LogP contribution in [0.15, 0.2) is 83.5 Å². The lowest BCUT2D eigenvalue weighted by Crippen LogP contribution is -2.24. The van der Waals surface area contributed by atoms with Gasteiger partial charge in [0.05, 0.1) is 26.0 Å². The third-order valence-electron chi connectivity index (χ3n) is 5.80. The van der Waals surface area contributed by atoms with E-state index in [1.54, 1.807) is 19.4 Å². The summed E-state index contributed by atoms with van der Waals surface area (Å²) in [5.74, 6) is 1.32. The number of hydrogen-bond acceptors (Lipinski definition) is 4. The van der Waals surface area contributed by atoms with Crippen molar-refractivity contribution in [3.63, 3.8) is 0 Å². The minimum atomic E-state index is -0.157. The summed E-state index contributed by atoms with van der Waals surface area (Å²) >= 11 is 0. The van der Waals surface area contributed by atoms with Crippen LogP contribution in [0.1, 0.15) is 37.9 Å². The summed E-state index contributed by atoms with van der Waals surface area (Å²) in [6.07, 6.45) is 3.36. The summed E-state index contributed by atoms with van der Waals surface area (Å²) in [6, 6.07) is 21.6. The van der Waals surface area contributed by atoms with Crippen molar-refractivity contribution in [3.8, 4) is 22.6 Å². The van der Waals surface area contributed by atoms with Gasteiger partial charge < -0.3 is 19.2 Å². The average molecular weight is 456 g/mol. The molecule has 0 saturated heterocycles. The minimum absolute atomic E-state index is 0.0951. The van der Waals surface area contributed by atoms with Gasteiger partial charge in [-0.25, -0.2) is 0 Å². The lowest BCUT2D eigenvalue weighted by atomic mass is 9.99. The van der Waals surface area contributed by atoms with E-state index < -0.39 is 0 Å². The van der Waals surface area contributed by atoms with Gasteiger partial charge in [0.15, 0.2) is 0 Å². The Morgan fingerprint density at radius 2 is 1.82 bits per heavy atom. The Morgan fingerprint density at radius 1 is 1.09 bits per heavy atom. The van der Waals surface area contributed by atoms with Crippen molar-refractivity contribution >= 4 is 22.4 Å². The number of amides is 1. The Balaban J connectivity index is 1.64. The van der Waals surface area contributed by atoms with E-state index in [0.29, 0.717) is 12.4 Å². The number of methoxy groups -OCH3 is 1. The van der Waals surface area contributed by atoms with E-state index >= 15 is 0 Å². The first-order chi connectivity index (χ1) is 16.5. The van der Waals surface area contributed by atoms with Crippen molar-refractivity contribution in [2.75, 3.05) is 13.7 Å². The van der Waals surface area contributed by atoms with E-state index in [-0.39, 0.29) is 11.9 Å². The number of carbonyl (C=O) groups excluding carboxylic acids is 1. The molecule has 0 spiro atoms. The van der Waals surface area contributed by atoms with Crippen LogP contribution in [0.3, 0.4) is 0 Å². The fourth-order valence-electron chi connectivity index (χ4n) is 4.01. The van der Waals surface area contributed by atoms with Crippen molar-refractivity contribution in [3.05, 3.63) is 90.2 Å². The second kappa shape index (κ2) is 10.3. The first-order valence-electron chi connectivity index (χ1n) is 11.4. The standard InChI is InChI=1S/C29H29NO4/c1-5-33-23-13-11-22(12-14-23)26-18-34-28-17-27(32-4)24(16-25(26)28)19(2)15-29(31)30-20(3)21-9-7-6-8-10-21/h6-18,20H,5H2,1-4H3,(H,30,31)/b19-15+. The average Bonchev–Trinajstić information content (AvgIpc) is 3.27. The van der Waals surface area contributed by atoms with Crippen LogP contribution in [0.5, 0.6) is 11.5 Å². The third kappa shape index (κ3) is 4.99. The molecule has 0 aliphatic carbocycles. The first kappa shape index (κ1) is 23.2. The highest BCUT2D eigenvalue weighted by Crippen LogP contribution is 2.37. The lowest BCUT2D eigenvalue weighted by molar-refractivity contribution is -0.117. The van der Waals surface area contributed by atoms with Gasteiger partial charge in [0.25, 0.3) is 0 Å². The molecule has 5 nitrogen and oxygen atoms in total. The summed E-state index contributed by atoms with van der Waals surface area (Å²) in [7, 11) is 1.62. The number of furan rings is 1. The fourth-order valence-corrected chi connectivity index (χ4v) is 4.01. The van der Waals surface area contributed by atoms with E-state index in [1.165, 1.54) is 0 Å². The second-order valence-electron chi connectivity index (χ2n) is 8.12. The molecule has 4 rings (SSSR count). The van der Waals surface area contributed by atoms with Gasteiger partial charge in [0, 0.05) is 28.7 Å². The zero-order chi connectivity index (χ0) is 24.1. The van der Waals surface area contributed by atoms with E-state index in [4.69, 9.17) is 13.9 Å². The van der Waals surface area contributed by atoms with Crippen LogP contribution in [-0.2, 0) is 4.79 Å². The number of allylic oxidation sites excluding steroid dienone is 1. The molecule has 0 aliphatic rings. The molecule has 0 bridgehead atoms. The van der Waals surface area contributed by atoms with Crippen LogP contribution in [0.4, 0.5) is 0 Å². The Hall–Kier alpha value is -3.99. The summed E-state index contributed by atoms with van der Waals surface area (Å²) in [5.41, 5.74) is 5.41. The third-order valence-corrected chi connectivity index (χ3v) is 5.80. The highest BCUT2D eigenvalue weighted by Gasteiger charge is 2.16. The Bertz CT molecular complexity index is 1300. The highest BCUT2D eigenvalue weighted by atomic mass is 16.5. The molecule has 3 aromatic carbocycles. The van der Waals surface area contributed by atoms with E-state index in [2.05, 4.69) is 5.32 Å². The second-order valence-corrected chi connectivity index (χ2v) is 8.12. The molecular weight excluding hydrogens is 426 g/mol. The number of hydrogen-bond donors (Lipinski definition) is 1. The number of nitrogens with one attached hydrogen (secondary N) is 1. The zero-order valence-corrected chi connectivity index (χ0v) is 19.9. The highest BCUT2D eigenvalue weighted by molar-refractivity contribution is 6.00. The quantitative estimate of drug-likeness (QED) is 0.297. The van der Waals surface area contributed by atoms with Crippen molar-refractivity contribution in [1.29, 1.82) is 0 Å². The molecule has 1 aromatic heterocycles. The Kier molecular flexibility index (Phi) is 7.02. The Morgan fingerprint density at radius 3 is 2.50 bits per heavy atom. The largest absolute Gasteiger partial charge is 0.496 e. The van der Waals surface area contributed by atoms with Crippen LogP contribution < -0.4 is 14.8 Å². The van der Waals surface area contributed by atoms with Crippen LogP contribution >= 0.6 is 0 Å². The van der Waals surface area contributed by atoms with Crippen LogP contribution in [0.25, 0.3) is 27.7 Å². The topological polar surface area (TPSA) is 60.7 Å². The molecule has 34 heavy (non-hydrogen) atoms. The molecule has 4 aromatic rings. The Labute approximate surface area is 200 Å². The monoisotopic (exact) mass is 455 g/mol. The normalized spacial score (nSPS) is 12.4. The minimum Gasteiger partial charge on any atom is -0.496 e. The predicted molar refractivity (Wildman–Crippen MR) is 136 cm³/mol. The van der Waals surface area contributed by atoms with Gasteiger partial charge in [0.1, 0.15) is 17.1 Å². The van der Waals surface area contributed by atoms with E-state index in [0.717, 1.165) is 44.5 Å². The number of rotatable bonds is 8. The van der Waals surface area contributed by atoms with Crippen molar-refractivity contribution in [2.45, 2.75) is 26.8 Å². The summed E-state index contributed by atoms with van der Waals surface area (Å²) in [5, 5.41) is 3.98. The molecule has 0 saturated carbocycles. The summed E-state index contributed by atoms with van der Waals surface area (Å²) < 4.78 is 17.0. The van der Waals surface area contributed by atoms with Crippen molar-refractivity contribution in [2.24, 2.45) is 0 Å². The van der Waals surface area contributed by atoms with Gasteiger partial charge in [-0.3, -0.25) is 4.79 Å². The fraction of sp³-hybridized carbons (Fsp3) is 0.207. The van der Waals surface area contributed by atoms with Crippen LogP contribution in [-0.4, -0.2) is 19.6 Å². The zero-order valence-electron chi connectivity index (χ0n) is 19.9. The van der Waals surface area contributed by atoms with Gasteiger partial charge in [-0.05, 0) is 55.7 Å². The molecular formula is C29H29NO4. The van der Waals surface area contributed by atoms with Crippen LogP contribution in [0, 0.1) is 0 Å². The first-order valence-corrected chi connectivity index (χ1v) is 11.4. The molecule has 0 radical (unpaired) electrons. The van der Waals surface area contributed by atoms with Gasteiger partial charge in [-0.1, -0.05) is 42.5 Å².